The summed E-state index contributed by atoms with van der Waals surface area (Å²) in [6.07, 6.45) is 1.74. The zero-order valence-corrected chi connectivity index (χ0v) is 8.26. The largest absolute Gasteiger partial charge is 2.00 e. The zero-order chi connectivity index (χ0) is 6.57. The fraction of sp³-hybridized carbons (Fsp3) is 0.833. The van der Waals surface area contributed by atoms with E-state index < -0.39 is 5.97 Å². The standard InChI is InChI=1S/C6H12O2.Ca.2H/c1-3-4-5(2)6(7)8;;;/h5H,3-4H2,1-2H3,(H,7,8);;;/q;+2;2*-1. The van der Waals surface area contributed by atoms with E-state index in [-0.39, 0.29) is 46.5 Å². The van der Waals surface area contributed by atoms with Crippen LogP contribution in [0.3, 0.4) is 0 Å². The first-order valence-corrected chi connectivity index (χ1v) is 2.91. The Labute approximate surface area is 88.6 Å². The van der Waals surface area contributed by atoms with Gasteiger partial charge in [0.05, 0.1) is 5.92 Å². The minimum Gasteiger partial charge on any atom is -1.00 e. The second-order valence-electron chi connectivity index (χ2n) is 2.03. The van der Waals surface area contributed by atoms with Gasteiger partial charge in [-0.2, -0.15) is 0 Å². The van der Waals surface area contributed by atoms with Gasteiger partial charge in [-0.25, -0.2) is 0 Å². The molecule has 1 atom stereocenters. The van der Waals surface area contributed by atoms with Crippen LogP contribution in [0.5, 0.6) is 0 Å². The molecule has 0 rings (SSSR count). The zero-order valence-electron chi connectivity index (χ0n) is 8.05. The van der Waals surface area contributed by atoms with E-state index >= 15 is 0 Å². The maximum absolute atomic E-state index is 10.1. The molecule has 1 unspecified atom stereocenters. The molecular formula is C6H14CaO2. The Hall–Kier alpha value is 0.730. The van der Waals surface area contributed by atoms with Crippen LogP contribution in [-0.4, -0.2) is 48.8 Å². The van der Waals surface area contributed by atoms with Crippen molar-refractivity contribution >= 4 is 43.7 Å². The Morgan fingerprint density at radius 3 is 2.33 bits per heavy atom. The van der Waals surface area contributed by atoms with E-state index in [0.717, 1.165) is 12.8 Å². The Balaban J connectivity index is -0.0000000817. The summed E-state index contributed by atoms with van der Waals surface area (Å²) in [5.74, 6) is -0.855. The first-order valence-electron chi connectivity index (χ1n) is 2.91. The second kappa shape index (κ2) is 6.84. The molecule has 1 N–H and O–H groups in total. The van der Waals surface area contributed by atoms with Crippen molar-refractivity contribution in [3.05, 3.63) is 0 Å². The number of carboxylic acid groups (broad SMARTS) is 1. The van der Waals surface area contributed by atoms with Crippen LogP contribution in [0.1, 0.15) is 29.5 Å². The summed E-state index contributed by atoms with van der Waals surface area (Å²) in [7, 11) is 0. The molecule has 0 saturated carbocycles. The van der Waals surface area contributed by atoms with Crippen molar-refractivity contribution in [1.29, 1.82) is 0 Å². The Kier molecular flexibility index (Phi) is 9.44. The summed E-state index contributed by atoms with van der Waals surface area (Å²) in [6.45, 7) is 3.71. The molecule has 0 aromatic rings. The average Bonchev–Trinajstić information content (AvgIpc) is 1.67. The normalized spacial score (nSPS) is 11.8. The summed E-state index contributed by atoms with van der Waals surface area (Å²) in [4.78, 5) is 10.1. The minimum absolute atomic E-state index is 0. The minimum atomic E-state index is -0.688. The number of aliphatic carboxylic acids is 1. The summed E-state index contributed by atoms with van der Waals surface area (Å²) < 4.78 is 0. The van der Waals surface area contributed by atoms with E-state index in [1.807, 2.05) is 6.92 Å². The second-order valence-corrected chi connectivity index (χ2v) is 2.03. The topological polar surface area (TPSA) is 37.3 Å². The van der Waals surface area contributed by atoms with E-state index in [1.54, 1.807) is 6.92 Å². The third kappa shape index (κ3) is 6.62. The molecule has 0 aliphatic rings. The van der Waals surface area contributed by atoms with Gasteiger partial charge in [-0.1, -0.05) is 20.3 Å². The first kappa shape index (κ1) is 12.4. The third-order valence-corrected chi connectivity index (χ3v) is 1.14. The molecule has 3 heteroatoms. The van der Waals surface area contributed by atoms with Crippen LogP contribution in [0.4, 0.5) is 0 Å². The van der Waals surface area contributed by atoms with Gasteiger partial charge in [0.15, 0.2) is 0 Å². The molecule has 0 heterocycles. The van der Waals surface area contributed by atoms with E-state index in [1.165, 1.54) is 0 Å². The molecule has 0 bridgehead atoms. The van der Waals surface area contributed by atoms with Crippen LogP contribution in [-0.2, 0) is 4.79 Å². The van der Waals surface area contributed by atoms with Gasteiger partial charge in [0.25, 0.3) is 0 Å². The van der Waals surface area contributed by atoms with Gasteiger partial charge in [-0.05, 0) is 6.42 Å². The third-order valence-electron chi connectivity index (χ3n) is 1.14. The van der Waals surface area contributed by atoms with E-state index in [4.69, 9.17) is 5.11 Å². The van der Waals surface area contributed by atoms with Gasteiger partial charge in [0, 0.05) is 0 Å². The van der Waals surface area contributed by atoms with Crippen molar-refractivity contribution < 1.29 is 12.8 Å². The summed E-state index contributed by atoms with van der Waals surface area (Å²) in [5, 5.41) is 8.31. The van der Waals surface area contributed by atoms with Crippen LogP contribution in [0, 0.1) is 5.92 Å². The summed E-state index contributed by atoms with van der Waals surface area (Å²) in [6, 6.07) is 0. The smallest absolute Gasteiger partial charge is 1.00 e. The fourth-order valence-electron chi connectivity index (χ4n) is 0.556. The molecular weight excluding hydrogens is 144 g/mol. The molecule has 0 spiro atoms. The van der Waals surface area contributed by atoms with E-state index in [9.17, 15) is 4.79 Å². The monoisotopic (exact) mass is 158 g/mol. The van der Waals surface area contributed by atoms with Gasteiger partial charge < -0.3 is 7.96 Å². The molecule has 0 radical (unpaired) electrons. The number of hydrogen-bond donors (Lipinski definition) is 1. The van der Waals surface area contributed by atoms with Gasteiger partial charge in [-0.3, -0.25) is 4.79 Å². The van der Waals surface area contributed by atoms with Gasteiger partial charge in [0.1, 0.15) is 0 Å². The molecule has 0 aromatic carbocycles. The number of rotatable bonds is 3. The maximum Gasteiger partial charge on any atom is 2.00 e. The predicted molar refractivity (Wildman–Crippen MR) is 39.7 cm³/mol. The molecule has 52 valence electrons. The summed E-state index contributed by atoms with van der Waals surface area (Å²) >= 11 is 0. The van der Waals surface area contributed by atoms with Crippen LogP contribution in [0.15, 0.2) is 0 Å². The Morgan fingerprint density at radius 2 is 2.22 bits per heavy atom. The predicted octanol–water partition coefficient (Wildman–Crippen LogP) is 1.35. The van der Waals surface area contributed by atoms with Crippen molar-refractivity contribution in [3.63, 3.8) is 0 Å². The number of carboxylic acids is 1. The molecule has 0 aliphatic carbocycles. The molecule has 0 saturated heterocycles. The van der Waals surface area contributed by atoms with Crippen molar-refractivity contribution in [2.75, 3.05) is 0 Å². The van der Waals surface area contributed by atoms with Crippen molar-refractivity contribution in [2.45, 2.75) is 26.7 Å². The fourth-order valence-corrected chi connectivity index (χ4v) is 0.556. The SMILES string of the molecule is CCCC(C)C(=O)O.[Ca+2].[H-].[H-]. The van der Waals surface area contributed by atoms with Gasteiger partial charge >= 0.3 is 43.7 Å². The molecule has 0 aliphatic heterocycles. The molecule has 0 amide bonds. The summed E-state index contributed by atoms with van der Waals surface area (Å²) in [5.41, 5.74) is 0. The van der Waals surface area contributed by atoms with E-state index in [0.29, 0.717) is 0 Å². The van der Waals surface area contributed by atoms with Crippen molar-refractivity contribution in [3.8, 4) is 0 Å². The average molecular weight is 158 g/mol. The quantitative estimate of drug-likeness (QED) is 0.629. The van der Waals surface area contributed by atoms with Crippen molar-refractivity contribution in [1.82, 2.24) is 0 Å². The van der Waals surface area contributed by atoms with Gasteiger partial charge in [0.2, 0.25) is 0 Å². The van der Waals surface area contributed by atoms with Crippen LogP contribution in [0.2, 0.25) is 0 Å². The van der Waals surface area contributed by atoms with Crippen LogP contribution >= 0.6 is 0 Å². The van der Waals surface area contributed by atoms with Gasteiger partial charge in [-0.15, -0.1) is 0 Å². The molecule has 0 aromatic heterocycles. The van der Waals surface area contributed by atoms with Crippen LogP contribution in [0.25, 0.3) is 0 Å². The van der Waals surface area contributed by atoms with Crippen LogP contribution < -0.4 is 0 Å². The molecule has 9 heavy (non-hydrogen) atoms. The maximum atomic E-state index is 10.1. The molecule has 0 fully saturated rings. The number of hydrogen-bond acceptors (Lipinski definition) is 1. The van der Waals surface area contributed by atoms with Crippen molar-refractivity contribution in [2.24, 2.45) is 5.92 Å². The number of carbonyl (C=O) groups is 1. The molecule has 2 nitrogen and oxygen atoms in total. The Bertz CT molecular complexity index is 90.7. The first-order chi connectivity index (χ1) is 3.68. The Morgan fingerprint density at radius 1 is 1.78 bits per heavy atom. The van der Waals surface area contributed by atoms with E-state index in [2.05, 4.69) is 0 Å².